The summed E-state index contributed by atoms with van der Waals surface area (Å²) in [6.45, 7) is 1.27. The summed E-state index contributed by atoms with van der Waals surface area (Å²) >= 11 is 1.85. The van der Waals surface area contributed by atoms with Crippen LogP contribution in [0.15, 0.2) is 12.1 Å². The molecule has 0 N–H and O–H groups in total. The second-order valence-electron chi connectivity index (χ2n) is 2.93. The number of halogens is 3. The Hall–Kier alpha value is -0.720. The van der Waals surface area contributed by atoms with Crippen molar-refractivity contribution in [2.75, 3.05) is 7.11 Å². The maximum absolute atomic E-state index is 12.7. The Bertz CT molecular complexity index is 391. The number of carbonyl (C=O) groups excluding carboxylic acids is 1. The molecule has 0 unspecified atom stereocenters. The third-order valence-electron chi connectivity index (χ3n) is 1.92. The second-order valence-corrected chi connectivity index (χ2v) is 4.09. The summed E-state index contributed by atoms with van der Waals surface area (Å²) in [6, 6.07) is 2.76. The van der Waals surface area contributed by atoms with E-state index in [-0.39, 0.29) is 16.9 Å². The van der Waals surface area contributed by atoms with E-state index in [0.29, 0.717) is 9.32 Å². The molecule has 0 saturated heterocycles. The van der Waals surface area contributed by atoms with Crippen LogP contribution in [-0.2, 0) is 0 Å². The van der Waals surface area contributed by atoms with Crippen molar-refractivity contribution in [2.24, 2.45) is 0 Å². The summed E-state index contributed by atoms with van der Waals surface area (Å²) in [7, 11) is 1.40. The van der Waals surface area contributed by atoms with E-state index in [2.05, 4.69) is 0 Å². The molecule has 1 aromatic carbocycles. The first kappa shape index (κ1) is 12.4. The van der Waals surface area contributed by atoms with Gasteiger partial charge in [-0.2, -0.15) is 0 Å². The van der Waals surface area contributed by atoms with Gasteiger partial charge in [-0.05, 0) is 41.6 Å². The highest BCUT2D eigenvalue weighted by Gasteiger charge is 2.20. The number of benzene rings is 1. The maximum Gasteiger partial charge on any atom is 0.264 e. The lowest BCUT2D eigenvalue weighted by Crippen LogP contribution is -2.04. The molecule has 5 heteroatoms. The SMILES string of the molecule is COc1cc(I)c(C(C)=O)c(C(F)F)c1. The molecule has 0 amide bonds. The van der Waals surface area contributed by atoms with Crippen LogP contribution in [0, 0.1) is 3.57 Å². The van der Waals surface area contributed by atoms with Crippen molar-refractivity contribution in [3.8, 4) is 5.75 Å². The standard InChI is InChI=1S/C10H9F2IO2/c1-5(14)9-7(10(11)12)3-6(15-2)4-8(9)13/h3-4,10H,1-2H3. The summed E-state index contributed by atoms with van der Waals surface area (Å²) in [5, 5.41) is 0. The molecule has 0 saturated carbocycles. The molecular weight excluding hydrogens is 317 g/mol. The average Bonchev–Trinajstić information content (AvgIpc) is 2.15. The smallest absolute Gasteiger partial charge is 0.264 e. The molecule has 0 spiro atoms. The van der Waals surface area contributed by atoms with E-state index in [0.717, 1.165) is 0 Å². The van der Waals surface area contributed by atoms with Gasteiger partial charge in [-0.3, -0.25) is 4.79 Å². The molecular formula is C10H9F2IO2. The molecule has 0 atom stereocenters. The van der Waals surface area contributed by atoms with Gasteiger partial charge in [0.15, 0.2) is 5.78 Å². The molecule has 0 radical (unpaired) electrons. The predicted octanol–water partition coefficient (Wildman–Crippen LogP) is 3.44. The zero-order chi connectivity index (χ0) is 11.6. The van der Waals surface area contributed by atoms with Gasteiger partial charge in [-0.15, -0.1) is 0 Å². The summed E-state index contributed by atoms with van der Waals surface area (Å²) < 4.78 is 30.7. The van der Waals surface area contributed by atoms with E-state index < -0.39 is 6.43 Å². The minimum absolute atomic E-state index is 0.0754. The molecule has 15 heavy (non-hydrogen) atoms. The van der Waals surface area contributed by atoms with Crippen LogP contribution in [0.5, 0.6) is 5.75 Å². The number of Topliss-reactive ketones (excluding diaryl/α,β-unsaturated/α-hetero) is 1. The van der Waals surface area contributed by atoms with Gasteiger partial charge in [-0.25, -0.2) is 8.78 Å². The molecule has 1 rings (SSSR count). The first-order valence-corrected chi connectivity index (χ1v) is 5.21. The summed E-state index contributed by atoms with van der Waals surface area (Å²) in [6.07, 6.45) is -2.67. The zero-order valence-electron chi connectivity index (χ0n) is 8.18. The monoisotopic (exact) mass is 326 g/mol. The number of alkyl halides is 2. The van der Waals surface area contributed by atoms with Crippen LogP contribution in [0.3, 0.4) is 0 Å². The van der Waals surface area contributed by atoms with Crippen molar-refractivity contribution in [3.05, 3.63) is 26.8 Å². The van der Waals surface area contributed by atoms with Crippen LogP contribution < -0.4 is 4.74 Å². The topological polar surface area (TPSA) is 26.3 Å². The Labute approximate surface area is 99.8 Å². The normalized spacial score (nSPS) is 10.5. The molecule has 2 nitrogen and oxygen atoms in total. The van der Waals surface area contributed by atoms with Crippen molar-refractivity contribution in [1.29, 1.82) is 0 Å². The van der Waals surface area contributed by atoms with E-state index in [1.54, 1.807) is 6.07 Å². The predicted molar refractivity (Wildman–Crippen MR) is 60.7 cm³/mol. The Morgan fingerprint density at radius 2 is 2.07 bits per heavy atom. The molecule has 82 valence electrons. The summed E-state index contributed by atoms with van der Waals surface area (Å²) in [5.41, 5.74) is -0.197. The van der Waals surface area contributed by atoms with Crippen LogP contribution in [0.2, 0.25) is 0 Å². The first-order valence-electron chi connectivity index (χ1n) is 4.14. The fraction of sp³-hybridized carbons (Fsp3) is 0.300. The van der Waals surface area contributed by atoms with Crippen molar-refractivity contribution < 1.29 is 18.3 Å². The number of ketones is 1. The number of rotatable bonds is 3. The average molecular weight is 326 g/mol. The van der Waals surface area contributed by atoms with E-state index in [1.807, 2.05) is 22.6 Å². The molecule has 0 heterocycles. The minimum atomic E-state index is -2.67. The van der Waals surface area contributed by atoms with Gasteiger partial charge < -0.3 is 4.74 Å². The molecule has 1 aromatic rings. The molecule has 0 bridgehead atoms. The van der Waals surface area contributed by atoms with Crippen molar-refractivity contribution >= 4 is 28.4 Å². The number of carbonyl (C=O) groups is 1. The lowest BCUT2D eigenvalue weighted by Gasteiger charge is -2.10. The van der Waals surface area contributed by atoms with Gasteiger partial charge in [0.05, 0.1) is 7.11 Å². The van der Waals surface area contributed by atoms with Crippen LogP contribution in [0.1, 0.15) is 29.3 Å². The fourth-order valence-electron chi connectivity index (χ4n) is 1.26. The fourth-order valence-corrected chi connectivity index (χ4v) is 2.26. The Balaban J connectivity index is 3.42. The van der Waals surface area contributed by atoms with E-state index in [1.165, 1.54) is 20.1 Å². The molecule has 0 aliphatic carbocycles. The Morgan fingerprint density at radius 1 is 1.47 bits per heavy atom. The highest BCUT2D eigenvalue weighted by molar-refractivity contribution is 14.1. The summed E-state index contributed by atoms with van der Waals surface area (Å²) in [5.74, 6) is -0.0305. The van der Waals surface area contributed by atoms with Gasteiger partial charge >= 0.3 is 0 Å². The zero-order valence-corrected chi connectivity index (χ0v) is 10.3. The van der Waals surface area contributed by atoms with Crippen molar-refractivity contribution in [3.63, 3.8) is 0 Å². The quantitative estimate of drug-likeness (QED) is 0.628. The molecule has 0 aliphatic rings. The Morgan fingerprint density at radius 3 is 2.47 bits per heavy atom. The van der Waals surface area contributed by atoms with E-state index in [9.17, 15) is 13.6 Å². The number of methoxy groups -OCH3 is 1. The van der Waals surface area contributed by atoms with Gasteiger partial charge in [0.1, 0.15) is 5.75 Å². The lowest BCUT2D eigenvalue weighted by molar-refractivity contribution is 0.0997. The van der Waals surface area contributed by atoms with Gasteiger partial charge in [0.25, 0.3) is 6.43 Å². The van der Waals surface area contributed by atoms with Crippen LogP contribution in [-0.4, -0.2) is 12.9 Å². The van der Waals surface area contributed by atoms with E-state index >= 15 is 0 Å². The number of ether oxygens (including phenoxy) is 1. The highest BCUT2D eigenvalue weighted by Crippen LogP contribution is 2.31. The third kappa shape index (κ3) is 2.64. The van der Waals surface area contributed by atoms with Crippen molar-refractivity contribution in [1.82, 2.24) is 0 Å². The Kier molecular flexibility index (Phi) is 4.01. The van der Waals surface area contributed by atoms with Gasteiger partial charge in [0, 0.05) is 14.7 Å². The van der Waals surface area contributed by atoms with Crippen LogP contribution in [0.25, 0.3) is 0 Å². The van der Waals surface area contributed by atoms with Gasteiger partial charge in [0.2, 0.25) is 0 Å². The van der Waals surface area contributed by atoms with Gasteiger partial charge in [-0.1, -0.05) is 0 Å². The van der Waals surface area contributed by atoms with E-state index in [4.69, 9.17) is 4.74 Å². The summed E-state index contributed by atoms with van der Waals surface area (Å²) in [4.78, 5) is 11.2. The molecule has 0 aliphatic heterocycles. The molecule has 0 aromatic heterocycles. The highest BCUT2D eigenvalue weighted by atomic mass is 127. The maximum atomic E-state index is 12.7. The molecule has 0 fully saturated rings. The lowest BCUT2D eigenvalue weighted by atomic mass is 10.0. The number of hydrogen-bond donors (Lipinski definition) is 0. The largest absolute Gasteiger partial charge is 0.497 e. The minimum Gasteiger partial charge on any atom is -0.497 e. The van der Waals surface area contributed by atoms with Crippen LogP contribution >= 0.6 is 22.6 Å². The third-order valence-corrected chi connectivity index (χ3v) is 2.77. The first-order chi connectivity index (χ1) is 6.97. The number of hydrogen-bond acceptors (Lipinski definition) is 2. The second kappa shape index (κ2) is 4.87. The van der Waals surface area contributed by atoms with Crippen molar-refractivity contribution in [2.45, 2.75) is 13.3 Å². The van der Waals surface area contributed by atoms with Crippen LogP contribution in [0.4, 0.5) is 8.78 Å².